The van der Waals surface area contributed by atoms with E-state index in [0.29, 0.717) is 24.7 Å². The molecular formula is C24H41FIN5O2. The van der Waals surface area contributed by atoms with E-state index in [9.17, 15) is 9.18 Å². The topological polar surface area (TPSA) is 78.0 Å². The lowest BCUT2D eigenvalue weighted by Crippen LogP contribution is -2.48. The van der Waals surface area contributed by atoms with Crippen LogP contribution < -0.4 is 16.0 Å². The molecule has 9 heteroatoms. The minimum atomic E-state index is -0.488. The van der Waals surface area contributed by atoms with Gasteiger partial charge in [0.05, 0.1) is 6.54 Å². The Hall–Kier alpha value is -1.62. The summed E-state index contributed by atoms with van der Waals surface area (Å²) in [6.07, 6.45) is 3.31. The smallest absolute Gasteiger partial charge is 0.407 e. The molecule has 0 spiro atoms. The summed E-state index contributed by atoms with van der Waals surface area (Å²) < 4.78 is 19.4. The first-order chi connectivity index (χ1) is 15.1. The molecule has 1 aliphatic rings. The van der Waals surface area contributed by atoms with Crippen molar-refractivity contribution in [1.29, 1.82) is 0 Å². The Morgan fingerprint density at radius 3 is 2.30 bits per heavy atom. The van der Waals surface area contributed by atoms with E-state index in [1.807, 2.05) is 52.8 Å². The maximum atomic E-state index is 14.0. The van der Waals surface area contributed by atoms with Gasteiger partial charge in [0.2, 0.25) is 0 Å². The van der Waals surface area contributed by atoms with E-state index in [1.54, 1.807) is 6.07 Å². The van der Waals surface area contributed by atoms with Crippen LogP contribution in [0, 0.1) is 5.82 Å². The Morgan fingerprint density at radius 1 is 1.15 bits per heavy atom. The lowest BCUT2D eigenvalue weighted by atomic mass is 9.91. The number of amides is 1. The first kappa shape index (κ1) is 29.4. The minimum Gasteiger partial charge on any atom is -0.444 e. The number of guanidine groups is 1. The molecule has 188 valence electrons. The van der Waals surface area contributed by atoms with Crippen molar-refractivity contribution in [3.8, 4) is 0 Å². The Kier molecular flexibility index (Phi) is 12.4. The summed E-state index contributed by atoms with van der Waals surface area (Å²) in [7, 11) is 3.85. The summed E-state index contributed by atoms with van der Waals surface area (Å²) in [6, 6.07) is 5.62. The van der Waals surface area contributed by atoms with Crippen LogP contribution in [-0.4, -0.2) is 55.3 Å². The van der Waals surface area contributed by atoms with Gasteiger partial charge < -0.3 is 25.6 Å². The largest absolute Gasteiger partial charge is 0.444 e. The molecule has 0 bridgehead atoms. The molecular weight excluding hydrogens is 536 g/mol. The van der Waals surface area contributed by atoms with Crippen LogP contribution >= 0.6 is 24.0 Å². The number of nitrogens with zero attached hydrogens (tertiary/aromatic N) is 2. The van der Waals surface area contributed by atoms with Crippen LogP contribution in [0.3, 0.4) is 0 Å². The van der Waals surface area contributed by atoms with Crippen LogP contribution in [0.25, 0.3) is 0 Å². The summed E-state index contributed by atoms with van der Waals surface area (Å²) >= 11 is 0. The van der Waals surface area contributed by atoms with Crippen molar-refractivity contribution in [1.82, 2.24) is 20.9 Å². The Morgan fingerprint density at radius 2 is 1.76 bits per heavy atom. The van der Waals surface area contributed by atoms with E-state index < -0.39 is 5.60 Å². The highest BCUT2D eigenvalue weighted by molar-refractivity contribution is 14.0. The second-order valence-electron chi connectivity index (χ2n) is 9.70. The number of alkyl carbamates (subject to hydrolysis) is 1. The van der Waals surface area contributed by atoms with Crippen LogP contribution in [-0.2, 0) is 17.8 Å². The van der Waals surface area contributed by atoms with E-state index in [-0.39, 0.29) is 41.9 Å². The number of benzene rings is 1. The van der Waals surface area contributed by atoms with Crippen molar-refractivity contribution in [2.45, 2.75) is 84.2 Å². The fourth-order valence-electron chi connectivity index (χ4n) is 3.73. The number of ether oxygens (including phenoxy) is 1. The van der Waals surface area contributed by atoms with Crippen molar-refractivity contribution in [3.63, 3.8) is 0 Å². The molecule has 0 unspecified atom stereocenters. The third-order valence-corrected chi connectivity index (χ3v) is 5.15. The highest BCUT2D eigenvalue weighted by Gasteiger charge is 2.25. The van der Waals surface area contributed by atoms with E-state index >= 15 is 0 Å². The third-order valence-electron chi connectivity index (χ3n) is 5.15. The molecule has 1 fully saturated rings. The number of aliphatic imine (C=N–C) groups is 1. The SMILES string of the molecule is CCNC(=NCc1ccc(F)c(CN(C)C)c1)NC1CCC(NC(=O)OC(C)(C)C)CC1.I. The molecule has 0 saturated heterocycles. The second-order valence-corrected chi connectivity index (χ2v) is 9.70. The van der Waals surface area contributed by atoms with Gasteiger partial charge in [-0.3, -0.25) is 0 Å². The molecule has 1 aliphatic carbocycles. The van der Waals surface area contributed by atoms with E-state index in [2.05, 4.69) is 16.0 Å². The Bertz CT molecular complexity index is 775. The van der Waals surface area contributed by atoms with Gasteiger partial charge in [0, 0.05) is 30.7 Å². The average molecular weight is 578 g/mol. The highest BCUT2D eigenvalue weighted by Crippen LogP contribution is 2.19. The zero-order chi connectivity index (χ0) is 23.7. The molecule has 2 rings (SSSR count). The van der Waals surface area contributed by atoms with Crippen LogP contribution in [0.15, 0.2) is 23.2 Å². The number of nitrogens with one attached hydrogen (secondary N) is 3. The number of halogens is 2. The lowest BCUT2D eigenvalue weighted by Gasteiger charge is -2.31. The van der Waals surface area contributed by atoms with Crippen LogP contribution in [0.2, 0.25) is 0 Å². The molecule has 1 amide bonds. The summed E-state index contributed by atoms with van der Waals surface area (Å²) in [4.78, 5) is 18.6. The van der Waals surface area contributed by atoms with Gasteiger partial charge in [0.25, 0.3) is 0 Å². The van der Waals surface area contributed by atoms with Gasteiger partial charge in [-0.25, -0.2) is 14.2 Å². The van der Waals surface area contributed by atoms with Crippen LogP contribution in [0.5, 0.6) is 0 Å². The minimum absolute atomic E-state index is 0. The van der Waals surface area contributed by atoms with E-state index in [1.165, 1.54) is 6.07 Å². The predicted octanol–water partition coefficient (Wildman–Crippen LogP) is 4.40. The highest BCUT2D eigenvalue weighted by atomic mass is 127. The van der Waals surface area contributed by atoms with Gasteiger partial charge in [-0.15, -0.1) is 24.0 Å². The van der Waals surface area contributed by atoms with Crippen molar-refractivity contribution >= 4 is 36.0 Å². The maximum absolute atomic E-state index is 14.0. The van der Waals surface area contributed by atoms with Gasteiger partial charge in [-0.2, -0.15) is 0 Å². The molecule has 33 heavy (non-hydrogen) atoms. The molecule has 7 nitrogen and oxygen atoms in total. The zero-order valence-corrected chi connectivity index (χ0v) is 23.2. The quantitative estimate of drug-likeness (QED) is 0.255. The fourth-order valence-corrected chi connectivity index (χ4v) is 3.73. The first-order valence-electron chi connectivity index (χ1n) is 11.5. The summed E-state index contributed by atoms with van der Waals surface area (Å²) in [5.41, 5.74) is 1.17. The van der Waals surface area contributed by atoms with Gasteiger partial charge in [0.15, 0.2) is 5.96 Å². The van der Waals surface area contributed by atoms with Crippen molar-refractivity contribution in [2.75, 3.05) is 20.6 Å². The molecule has 3 N–H and O–H groups in total. The summed E-state index contributed by atoms with van der Waals surface area (Å²) in [5.74, 6) is 0.572. The average Bonchev–Trinajstić information content (AvgIpc) is 2.68. The van der Waals surface area contributed by atoms with Crippen molar-refractivity contribution < 1.29 is 13.9 Å². The molecule has 0 aliphatic heterocycles. The first-order valence-corrected chi connectivity index (χ1v) is 11.5. The Labute approximate surface area is 215 Å². The monoisotopic (exact) mass is 577 g/mol. The number of hydrogen-bond donors (Lipinski definition) is 3. The maximum Gasteiger partial charge on any atom is 0.407 e. The van der Waals surface area contributed by atoms with Crippen molar-refractivity contribution in [2.24, 2.45) is 4.99 Å². The molecule has 0 atom stereocenters. The molecule has 0 heterocycles. The van der Waals surface area contributed by atoms with Crippen LogP contribution in [0.4, 0.5) is 9.18 Å². The van der Waals surface area contributed by atoms with Gasteiger partial charge in [0.1, 0.15) is 11.4 Å². The van der Waals surface area contributed by atoms with Crippen LogP contribution in [0.1, 0.15) is 64.5 Å². The van der Waals surface area contributed by atoms with Gasteiger partial charge in [-0.1, -0.05) is 6.07 Å². The molecule has 1 aromatic carbocycles. The number of hydrogen-bond acceptors (Lipinski definition) is 4. The predicted molar refractivity (Wildman–Crippen MR) is 143 cm³/mol. The number of carbonyl (C=O) groups excluding carboxylic acids is 1. The normalized spacial score (nSPS) is 19.0. The van der Waals surface area contributed by atoms with Gasteiger partial charge >= 0.3 is 6.09 Å². The molecule has 1 saturated carbocycles. The Balaban J connectivity index is 0.00000544. The van der Waals surface area contributed by atoms with Crippen molar-refractivity contribution in [3.05, 3.63) is 35.1 Å². The third kappa shape index (κ3) is 11.4. The standard InChI is InChI=1S/C24H40FN5O2.HI/c1-7-26-22(27-15-17-8-13-21(25)18(14-17)16-30(5)6)28-19-9-11-20(12-10-19)29-23(31)32-24(2,3)4;/h8,13-14,19-20H,7,9-12,15-16H2,1-6H3,(H,29,31)(H2,26,27,28);1H. The van der Waals surface area contributed by atoms with Gasteiger partial charge in [-0.05, 0) is 85.2 Å². The summed E-state index contributed by atoms with van der Waals surface area (Å²) in [5, 5.41) is 9.78. The zero-order valence-electron chi connectivity index (χ0n) is 20.8. The molecule has 1 aromatic rings. The molecule has 0 radical (unpaired) electrons. The van der Waals surface area contributed by atoms with E-state index in [0.717, 1.165) is 43.8 Å². The number of rotatable bonds is 7. The van der Waals surface area contributed by atoms with E-state index in [4.69, 9.17) is 9.73 Å². The summed E-state index contributed by atoms with van der Waals surface area (Å²) in [6.45, 7) is 9.43. The second kappa shape index (κ2) is 13.9. The lowest BCUT2D eigenvalue weighted by molar-refractivity contribution is 0.0490. The fraction of sp³-hybridized carbons (Fsp3) is 0.667. The number of carbonyl (C=O) groups is 1. The molecule has 0 aromatic heterocycles.